The highest BCUT2D eigenvalue weighted by molar-refractivity contribution is 5.86. The second-order valence-corrected chi connectivity index (χ2v) is 10.0. The van der Waals surface area contributed by atoms with Gasteiger partial charge in [0, 0.05) is 5.69 Å². The minimum Gasteiger partial charge on any atom is -0.453 e. The monoisotopic (exact) mass is 427 g/mol. The highest BCUT2D eigenvalue weighted by Gasteiger charge is 2.28. The minimum absolute atomic E-state index is 0.115. The molecule has 0 aromatic heterocycles. The highest BCUT2D eigenvalue weighted by Crippen LogP contribution is 2.52. The van der Waals surface area contributed by atoms with E-state index in [0.29, 0.717) is 5.92 Å². The molecular formula is C30H37NO. The molecule has 1 aliphatic rings. The van der Waals surface area contributed by atoms with E-state index in [1.54, 1.807) is 0 Å². The Morgan fingerprint density at radius 2 is 1.50 bits per heavy atom. The van der Waals surface area contributed by atoms with Gasteiger partial charge in [-0.2, -0.15) is 0 Å². The van der Waals surface area contributed by atoms with Crippen LogP contribution in [-0.4, -0.2) is 0 Å². The van der Waals surface area contributed by atoms with Crippen LogP contribution < -0.4 is 9.64 Å². The molecular weight excluding hydrogens is 390 g/mol. The van der Waals surface area contributed by atoms with Crippen molar-refractivity contribution in [2.45, 2.75) is 78.6 Å². The maximum Gasteiger partial charge on any atom is 0.151 e. The van der Waals surface area contributed by atoms with E-state index in [9.17, 15) is 0 Å². The van der Waals surface area contributed by atoms with E-state index in [4.69, 9.17) is 4.74 Å². The smallest absolute Gasteiger partial charge is 0.151 e. The Balaban J connectivity index is 1.82. The molecule has 0 saturated heterocycles. The van der Waals surface area contributed by atoms with Gasteiger partial charge in [0.25, 0.3) is 0 Å². The van der Waals surface area contributed by atoms with Gasteiger partial charge in [-0.25, -0.2) is 0 Å². The molecule has 0 N–H and O–H groups in total. The lowest BCUT2D eigenvalue weighted by Crippen LogP contribution is -2.19. The van der Waals surface area contributed by atoms with Gasteiger partial charge in [0.05, 0.1) is 11.4 Å². The van der Waals surface area contributed by atoms with Gasteiger partial charge in [-0.1, -0.05) is 72.2 Å². The van der Waals surface area contributed by atoms with Crippen LogP contribution in [0.15, 0.2) is 60.7 Å². The Labute approximate surface area is 194 Å². The highest BCUT2D eigenvalue weighted by atomic mass is 16.5. The summed E-state index contributed by atoms with van der Waals surface area (Å²) >= 11 is 0. The molecule has 168 valence electrons. The molecule has 0 unspecified atom stereocenters. The van der Waals surface area contributed by atoms with Crippen molar-refractivity contribution < 1.29 is 4.74 Å². The van der Waals surface area contributed by atoms with E-state index < -0.39 is 0 Å². The molecule has 1 aliphatic heterocycles. The van der Waals surface area contributed by atoms with Gasteiger partial charge < -0.3 is 9.64 Å². The Hall–Kier alpha value is -2.74. The van der Waals surface area contributed by atoms with Crippen LogP contribution in [0.4, 0.5) is 17.1 Å². The molecule has 3 aromatic rings. The Bertz CT molecular complexity index is 1080. The molecule has 1 heterocycles. The molecule has 0 aliphatic carbocycles. The fourth-order valence-corrected chi connectivity index (χ4v) is 4.28. The third kappa shape index (κ3) is 4.28. The molecule has 32 heavy (non-hydrogen) atoms. The Morgan fingerprint density at radius 1 is 0.844 bits per heavy atom. The lowest BCUT2D eigenvalue weighted by atomic mass is 9.82. The molecule has 4 rings (SSSR count). The topological polar surface area (TPSA) is 12.5 Å². The van der Waals surface area contributed by atoms with Crippen molar-refractivity contribution in [1.29, 1.82) is 0 Å². The van der Waals surface area contributed by atoms with E-state index in [-0.39, 0.29) is 5.41 Å². The Kier molecular flexibility index (Phi) is 6.33. The first kappa shape index (κ1) is 22.5. The molecule has 0 spiro atoms. The number of anilines is 3. The number of aryl methyl sites for hydroxylation is 1. The first-order valence-electron chi connectivity index (χ1n) is 12.2. The fourth-order valence-electron chi connectivity index (χ4n) is 4.28. The molecule has 3 aromatic carbocycles. The van der Waals surface area contributed by atoms with Crippen molar-refractivity contribution in [2.75, 3.05) is 4.90 Å². The summed E-state index contributed by atoms with van der Waals surface area (Å²) in [5.41, 5.74) is 7.52. The average molecular weight is 428 g/mol. The van der Waals surface area contributed by atoms with Crippen molar-refractivity contribution in [3.05, 3.63) is 77.4 Å². The molecule has 0 radical (unpaired) electrons. The molecule has 2 heteroatoms. The van der Waals surface area contributed by atoms with Crippen molar-refractivity contribution >= 4 is 17.1 Å². The van der Waals surface area contributed by atoms with Gasteiger partial charge in [0.15, 0.2) is 11.5 Å². The normalized spacial score (nSPS) is 13.0. The second kappa shape index (κ2) is 9.02. The number of hydrogen-bond acceptors (Lipinski definition) is 2. The quantitative estimate of drug-likeness (QED) is 0.291. The van der Waals surface area contributed by atoms with E-state index >= 15 is 0 Å². The van der Waals surface area contributed by atoms with Crippen molar-refractivity contribution in [3.63, 3.8) is 0 Å². The van der Waals surface area contributed by atoms with E-state index in [1.165, 1.54) is 35.2 Å². The van der Waals surface area contributed by atoms with Gasteiger partial charge >= 0.3 is 0 Å². The first-order chi connectivity index (χ1) is 15.3. The molecule has 0 atom stereocenters. The second-order valence-electron chi connectivity index (χ2n) is 10.0. The number of benzene rings is 3. The van der Waals surface area contributed by atoms with E-state index in [2.05, 4.69) is 107 Å². The van der Waals surface area contributed by atoms with E-state index in [0.717, 1.165) is 35.7 Å². The zero-order valence-electron chi connectivity index (χ0n) is 20.5. The minimum atomic E-state index is 0.115. The van der Waals surface area contributed by atoms with Crippen LogP contribution in [0.5, 0.6) is 11.5 Å². The molecule has 0 saturated carbocycles. The van der Waals surface area contributed by atoms with Crippen molar-refractivity contribution in [3.8, 4) is 11.5 Å². The summed E-state index contributed by atoms with van der Waals surface area (Å²) < 4.78 is 6.54. The predicted molar refractivity (Wildman–Crippen MR) is 137 cm³/mol. The van der Waals surface area contributed by atoms with Gasteiger partial charge in [0.2, 0.25) is 0 Å². The molecule has 0 fully saturated rings. The van der Waals surface area contributed by atoms with Gasteiger partial charge in [-0.3, -0.25) is 0 Å². The number of ether oxygens (including phenoxy) is 1. The number of rotatable bonds is 7. The molecule has 0 bridgehead atoms. The summed E-state index contributed by atoms with van der Waals surface area (Å²) in [5.74, 6) is 2.33. The first-order valence-corrected chi connectivity index (χ1v) is 12.2. The number of unbranched alkanes of at least 4 members (excludes halogenated alkanes) is 1. The van der Waals surface area contributed by atoms with Crippen LogP contribution in [0.1, 0.15) is 83.4 Å². The number of nitrogens with zero attached hydrogens (tertiary/aromatic N) is 1. The number of hydrogen-bond donors (Lipinski definition) is 0. The average Bonchev–Trinajstić information content (AvgIpc) is 2.80. The summed E-state index contributed by atoms with van der Waals surface area (Å²) in [6.45, 7) is 13.6. The van der Waals surface area contributed by atoms with E-state index in [1.807, 2.05) is 0 Å². The fraction of sp³-hybridized carbons (Fsp3) is 0.400. The zero-order chi connectivity index (χ0) is 22.9. The summed E-state index contributed by atoms with van der Waals surface area (Å²) in [5, 5.41) is 0. The van der Waals surface area contributed by atoms with Gasteiger partial charge in [0.1, 0.15) is 0 Å². The van der Waals surface area contributed by atoms with Crippen molar-refractivity contribution in [2.24, 2.45) is 0 Å². The zero-order valence-corrected chi connectivity index (χ0v) is 20.5. The summed E-state index contributed by atoms with van der Waals surface area (Å²) in [4.78, 5) is 2.35. The van der Waals surface area contributed by atoms with Crippen molar-refractivity contribution in [1.82, 2.24) is 0 Å². The van der Waals surface area contributed by atoms with Crippen LogP contribution in [0.2, 0.25) is 0 Å². The predicted octanol–water partition coefficient (Wildman–Crippen LogP) is 9.42. The SMILES string of the molecule is CCCCc1ccc(N2c3ccc(C(C)C)cc3Oc3cc(C(C)(C)CC)ccc32)cc1. The lowest BCUT2D eigenvalue weighted by molar-refractivity contribution is 0.466. The maximum atomic E-state index is 6.54. The third-order valence-electron chi connectivity index (χ3n) is 6.99. The van der Waals surface area contributed by atoms with Crippen LogP contribution in [0, 0.1) is 0 Å². The summed E-state index contributed by atoms with van der Waals surface area (Å²) in [7, 11) is 0. The standard InChI is InChI=1S/C30H37NO/c1-7-9-10-22-11-15-25(16-12-22)31-26-17-13-23(21(3)4)19-28(26)32-29-20-24(14-18-27(29)31)30(5,6)8-2/h11-21H,7-10H2,1-6H3. The summed E-state index contributed by atoms with van der Waals surface area (Å²) in [6.07, 6.45) is 4.68. The van der Waals surface area contributed by atoms with Crippen LogP contribution in [0.25, 0.3) is 0 Å². The number of fused-ring (bicyclic) bond motifs is 2. The molecule has 0 amide bonds. The van der Waals surface area contributed by atoms with Gasteiger partial charge in [-0.05, 0) is 83.7 Å². The molecule has 2 nitrogen and oxygen atoms in total. The summed E-state index contributed by atoms with van der Waals surface area (Å²) in [6, 6.07) is 22.4. The maximum absolute atomic E-state index is 6.54. The largest absolute Gasteiger partial charge is 0.453 e. The van der Waals surface area contributed by atoms with Crippen LogP contribution >= 0.6 is 0 Å². The third-order valence-corrected chi connectivity index (χ3v) is 6.99. The Morgan fingerprint density at radius 3 is 2.12 bits per heavy atom. The van der Waals surface area contributed by atoms with Crippen LogP contribution in [0.3, 0.4) is 0 Å². The van der Waals surface area contributed by atoms with Crippen LogP contribution in [-0.2, 0) is 11.8 Å². The van der Waals surface area contributed by atoms with Gasteiger partial charge in [-0.15, -0.1) is 0 Å². The lowest BCUT2D eigenvalue weighted by Gasteiger charge is -2.35.